The second-order valence-corrected chi connectivity index (χ2v) is 6.56. The Labute approximate surface area is 136 Å². The van der Waals surface area contributed by atoms with Crippen molar-refractivity contribution in [2.24, 2.45) is 0 Å². The molecule has 3 aromatic heterocycles. The topological polar surface area (TPSA) is 46.3 Å². The van der Waals surface area contributed by atoms with E-state index in [1.807, 2.05) is 11.4 Å². The van der Waals surface area contributed by atoms with Crippen LogP contribution in [0.15, 0.2) is 12.1 Å². The fraction of sp³-hybridized carbons (Fsp3) is 0.500. The molecule has 1 aliphatic rings. The van der Waals surface area contributed by atoms with E-state index in [1.165, 1.54) is 24.2 Å². The molecule has 3 aromatic rings. The summed E-state index contributed by atoms with van der Waals surface area (Å²) in [6, 6.07) is 4.34. The number of pyridine rings is 1. The highest BCUT2D eigenvalue weighted by Crippen LogP contribution is 2.28. The smallest absolute Gasteiger partial charge is 0.184 e. The van der Waals surface area contributed by atoms with E-state index in [4.69, 9.17) is 10.1 Å². The van der Waals surface area contributed by atoms with E-state index < -0.39 is 0 Å². The first-order valence-corrected chi connectivity index (χ1v) is 8.59. The SMILES string of the molecule is CCCc1cc(N2CCCC2)n2nc3nc(C)cc(C)c3c2n1. The summed E-state index contributed by atoms with van der Waals surface area (Å²) in [5.41, 5.74) is 5.14. The molecule has 0 spiro atoms. The molecule has 0 amide bonds. The van der Waals surface area contributed by atoms with Gasteiger partial charge in [-0.2, -0.15) is 4.52 Å². The lowest BCUT2D eigenvalue weighted by atomic mass is 10.2. The molecule has 0 unspecified atom stereocenters. The van der Waals surface area contributed by atoms with Crippen molar-refractivity contribution in [1.29, 1.82) is 0 Å². The summed E-state index contributed by atoms with van der Waals surface area (Å²) < 4.78 is 2.01. The highest BCUT2D eigenvalue weighted by molar-refractivity contribution is 5.93. The minimum atomic E-state index is 0.809. The number of nitrogens with zero attached hydrogens (tertiary/aromatic N) is 5. The molecule has 4 rings (SSSR count). The van der Waals surface area contributed by atoms with Crippen molar-refractivity contribution in [1.82, 2.24) is 19.6 Å². The molecule has 0 N–H and O–H groups in total. The van der Waals surface area contributed by atoms with Gasteiger partial charge >= 0.3 is 0 Å². The van der Waals surface area contributed by atoms with Gasteiger partial charge < -0.3 is 4.90 Å². The van der Waals surface area contributed by atoms with Crippen LogP contribution in [0.5, 0.6) is 0 Å². The fourth-order valence-electron chi connectivity index (χ4n) is 3.61. The van der Waals surface area contributed by atoms with E-state index >= 15 is 0 Å². The van der Waals surface area contributed by atoms with Crippen LogP contribution in [0.4, 0.5) is 5.82 Å². The highest BCUT2D eigenvalue weighted by Gasteiger charge is 2.20. The average molecular weight is 309 g/mol. The van der Waals surface area contributed by atoms with Crippen molar-refractivity contribution in [3.63, 3.8) is 0 Å². The summed E-state index contributed by atoms with van der Waals surface area (Å²) in [6.45, 7) is 8.56. The molecular formula is C18H23N5. The fourth-order valence-corrected chi connectivity index (χ4v) is 3.61. The van der Waals surface area contributed by atoms with E-state index in [9.17, 15) is 0 Å². The Morgan fingerprint density at radius 1 is 1.09 bits per heavy atom. The summed E-state index contributed by atoms with van der Waals surface area (Å²) in [5, 5.41) is 5.88. The maximum atomic E-state index is 4.91. The number of aryl methyl sites for hydroxylation is 3. The highest BCUT2D eigenvalue weighted by atomic mass is 15.4. The zero-order valence-corrected chi connectivity index (χ0v) is 14.1. The van der Waals surface area contributed by atoms with Crippen LogP contribution in [-0.2, 0) is 6.42 Å². The van der Waals surface area contributed by atoms with Crippen LogP contribution in [0.2, 0.25) is 0 Å². The van der Waals surface area contributed by atoms with Gasteiger partial charge in [0.1, 0.15) is 5.82 Å². The molecule has 0 bridgehead atoms. The third kappa shape index (κ3) is 2.35. The molecule has 0 saturated carbocycles. The number of hydrogen-bond donors (Lipinski definition) is 0. The van der Waals surface area contributed by atoms with Crippen molar-refractivity contribution in [3.8, 4) is 0 Å². The lowest BCUT2D eigenvalue weighted by Crippen LogP contribution is -2.21. The quantitative estimate of drug-likeness (QED) is 0.743. The van der Waals surface area contributed by atoms with Gasteiger partial charge in [0.15, 0.2) is 11.3 Å². The van der Waals surface area contributed by atoms with Gasteiger partial charge in [-0.05, 0) is 44.7 Å². The van der Waals surface area contributed by atoms with Gasteiger partial charge in [0.05, 0.1) is 5.39 Å². The average Bonchev–Trinajstić information content (AvgIpc) is 3.13. The van der Waals surface area contributed by atoms with E-state index in [0.29, 0.717) is 0 Å². The molecule has 4 heterocycles. The third-order valence-electron chi connectivity index (χ3n) is 4.64. The maximum absolute atomic E-state index is 4.91. The summed E-state index contributed by atoms with van der Waals surface area (Å²) in [7, 11) is 0. The summed E-state index contributed by atoms with van der Waals surface area (Å²) in [6.07, 6.45) is 4.61. The van der Waals surface area contributed by atoms with Crippen molar-refractivity contribution < 1.29 is 0 Å². The predicted molar refractivity (Wildman–Crippen MR) is 93.2 cm³/mol. The largest absolute Gasteiger partial charge is 0.356 e. The molecule has 23 heavy (non-hydrogen) atoms. The zero-order valence-electron chi connectivity index (χ0n) is 14.1. The molecule has 0 radical (unpaired) electrons. The van der Waals surface area contributed by atoms with Gasteiger partial charge in [0.2, 0.25) is 0 Å². The molecular weight excluding hydrogens is 286 g/mol. The van der Waals surface area contributed by atoms with Gasteiger partial charge in [-0.25, -0.2) is 9.97 Å². The maximum Gasteiger partial charge on any atom is 0.184 e. The van der Waals surface area contributed by atoms with Crippen LogP contribution in [0, 0.1) is 13.8 Å². The van der Waals surface area contributed by atoms with Crippen LogP contribution in [0.25, 0.3) is 16.7 Å². The third-order valence-corrected chi connectivity index (χ3v) is 4.64. The Hall–Kier alpha value is -2.17. The molecule has 120 valence electrons. The van der Waals surface area contributed by atoms with Gasteiger partial charge in [-0.3, -0.25) is 0 Å². The van der Waals surface area contributed by atoms with Crippen LogP contribution >= 0.6 is 0 Å². The van der Waals surface area contributed by atoms with Crippen molar-refractivity contribution in [2.75, 3.05) is 18.0 Å². The monoisotopic (exact) mass is 309 g/mol. The van der Waals surface area contributed by atoms with Crippen LogP contribution < -0.4 is 4.90 Å². The first-order chi connectivity index (χ1) is 11.2. The van der Waals surface area contributed by atoms with Gasteiger partial charge in [0.25, 0.3) is 0 Å². The van der Waals surface area contributed by atoms with Crippen molar-refractivity contribution in [2.45, 2.75) is 46.5 Å². The molecule has 1 saturated heterocycles. The second-order valence-electron chi connectivity index (χ2n) is 6.56. The molecule has 0 atom stereocenters. The molecule has 1 fully saturated rings. The van der Waals surface area contributed by atoms with E-state index in [0.717, 1.165) is 54.0 Å². The lowest BCUT2D eigenvalue weighted by Gasteiger charge is -2.19. The normalized spacial score (nSPS) is 15.2. The van der Waals surface area contributed by atoms with E-state index in [1.54, 1.807) is 0 Å². The summed E-state index contributed by atoms with van der Waals surface area (Å²) in [5.74, 6) is 1.17. The number of anilines is 1. The van der Waals surface area contributed by atoms with Crippen molar-refractivity contribution in [3.05, 3.63) is 29.1 Å². The first kappa shape index (κ1) is 14.4. The minimum Gasteiger partial charge on any atom is -0.356 e. The van der Waals surface area contributed by atoms with Crippen LogP contribution in [0.1, 0.15) is 43.1 Å². The zero-order chi connectivity index (χ0) is 16.0. The Balaban J connectivity index is 2.04. The lowest BCUT2D eigenvalue weighted by molar-refractivity contribution is 0.824. The Kier molecular flexibility index (Phi) is 3.43. The van der Waals surface area contributed by atoms with Crippen LogP contribution in [-0.4, -0.2) is 32.7 Å². The van der Waals surface area contributed by atoms with E-state index in [-0.39, 0.29) is 0 Å². The molecule has 1 aliphatic heterocycles. The Morgan fingerprint density at radius 3 is 2.61 bits per heavy atom. The van der Waals surface area contributed by atoms with Crippen molar-refractivity contribution >= 4 is 22.5 Å². The molecule has 5 nitrogen and oxygen atoms in total. The number of aromatic nitrogens is 4. The summed E-state index contributed by atoms with van der Waals surface area (Å²) >= 11 is 0. The van der Waals surface area contributed by atoms with E-state index in [2.05, 4.69) is 35.9 Å². The number of hydrogen-bond acceptors (Lipinski definition) is 4. The number of rotatable bonds is 3. The van der Waals surface area contributed by atoms with Crippen LogP contribution in [0.3, 0.4) is 0 Å². The van der Waals surface area contributed by atoms with Gasteiger partial charge in [-0.15, -0.1) is 5.10 Å². The van der Waals surface area contributed by atoms with Gasteiger partial charge in [0, 0.05) is 30.5 Å². The number of fused-ring (bicyclic) bond motifs is 3. The molecule has 5 heteroatoms. The molecule has 0 aliphatic carbocycles. The molecule has 0 aromatic carbocycles. The first-order valence-electron chi connectivity index (χ1n) is 8.59. The van der Waals surface area contributed by atoms with Gasteiger partial charge in [-0.1, -0.05) is 13.3 Å². The summed E-state index contributed by atoms with van der Waals surface area (Å²) in [4.78, 5) is 12.0. The standard InChI is InChI=1S/C18H23N5/c1-4-7-14-11-15(22-8-5-6-9-22)23-18(20-14)16-12(2)10-13(3)19-17(16)21-23/h10-11H,4-9H2,1-3H3. The second kappa shape index (κ2) is 5.48. The minimum absolute atomic E-state index is 0.809. The Bertz CT molecular complexity index is 874. The predicted octanol–water partition coefficient (Wildman–Crippen LogP) is 3.45. The Morgan fingerprint density at radius 2 is 1.87 bits per heavy atom.